The molecule has 1 aromatic carbocycles. The van der Waals surface area contributed by atoms with Crippen LogP contribution < -0.4 is 5.32 Å². The summed E-state index contributed by atoms with van der Waals surface area (Å²) in [6.07, 6.45) is -2.52. The Kier molecular flexibility index (Phi) is 5.42. The van der Waals surface area contributed by atoms with Crippen molar-refractivity contribution < 1.29 is 23.6 Å². The Morgan fingerprint density at radius 3 is 2.63 bits per heavy atom. The van der Waals surface area contributed by atoms with Gasteiger partial charge in [-0.25, -0.2) is 0 Å². The first-order chi connectivity index (χ1) is 13.6. The third-order valence-corrected chi connectivity index (χ3v) is 4.84. The standard InChI is InChI=1S/C21H30N2O4/c1-12(2)19(25)17(24)10-13(3)20(26)22-18-16-9-7-6-8-15(16)11-14(4)23(5)21(18)27/h6-9,12-14,18-19,25H,10-11H2,1-5H3,(H,22,26)/t13-,14?,18+,19+/m1/s1/i14D,18D,19D. The predicted molar refractivity (Wildman–Crippen MR) is 103 cm³/mol. The van der Waals surface area contributed by atoms with Crippen LogP contribution >= 0.6 is 0 Å². The van der Waals surface area contributed by atoms with Crippen molar-refractivity contribution in [1.29, 1.82) is 0 Å². The number of fused-ring (bicyclic) bond motifs is 1. The third-order valence-electron chi connectivity index (χ3n) is 4.84. The van der Waals surface area contributed by atoms with Crippen molar-refractivity contribution in [2.24, 2.45) is 11.8 Å². The molecule has 2 rings (SSSR count). The number of nitrogens with zero attached hydrogens (tertiary/aromatic N) is 1. The molecule has 0 aliphatic carbocycles. The summed E-state index contributed by atoms with van der Waals surface area (Å²) < 4.78 is 25.2. The molecule has 1 aliphatic heterocycles. The zero-order chi connectivity index (χ0) is 23.1. The SMILES string of the molecule is [2H]C1(C)Cc2ccccc2[C@]([2H])(NC(=O)[C@H](C)CC(=O)[C@@]([2H])(O)C(C)C)C(=O)N1C. The maximum Gasteiger partial charge on any atom is 0.249 e. The van der Waals surface area contributed by atoms with Crippen LogP contribution in [0.1, 0.15) is 55.4 Å². The molecule has 0 fully saturated rings. The zero-order valence-corrected chi connectivity index (χ0v) is 16.5. The van der Waals surface area contributed by atoms with E-state index < -0.39 is 54.0 Å². The third kappa shape index (κ3) is 4.75. The quantitative estimate of drug-likeness (QED) is 0.792. The Hall–Kier alpha value is -2.21. The van der Waals surface area contributed by atoms with E-state index in [0.717, 1.165) is 4.90 Å². The molecule has 1 heterocycles. The van der Waals surface area contributed by atoms with E-state index in [0.29, 0.717) is 5.56 Å². The summed E-state index contributed by atoms with van der Waals surface area (Å²) >= 11 is 0. The van der Waals surface area contributed by atoms with Crippen molar-refractivity contribution in [1.82, 2.24) is 10.2 Å². The van der Waals surface area contributed by atoms with Crippen molar-refractivity contribution in [3.05, 3.63) is 35.4 Å². The summed E-state index contributed by atoms with van der Waals surface area (Å²) in [5, 5.41) is 12.5. The summed E-state index contributed by atoms with van der Waals surface area (Å²) in [6, 6.07) is 3.24. The van der Waals surface area contributed by atoms with E-state index in [4.69, 9.17) is 4.11 Å². The van der Waals surface area contributed by atoms with Gasteiger partial charge >= 0.3 is 0 Å². The number of nitrogens with one attached hydrogen (secondary N) is 1. The summed E-state index contributed by atoms with van der Waals surface area (Å²) in [5.41, 5.74) is 0.885. The minimum absolute atomic E-state index is 0.191. The first-order valence-corrected chi connectivity index (χ1v) is 9.09. The number of carbonyl (C=O) groups excluding carboxylic acids is 3. The second-order valence-electron chi connectivity index (χ2n) is 7.37. The lowest BCUT2D eigenvalue weighted by Crippen LogP contribution is -2.44. The highest BCUT2D eigenvalue weighted by Crippen LogP contribution is 2.27. The Morgan fingerprint density at radius 2 is 2.00 bits per heavy atom. The molecule has 6 heteroatoms. The lowest BCUT2D eigenvalue weighted by Gasteiger charge is -2.26. The maximum absolute atomic E-state index is 13.1. The molecule has 0 bridgehead atoms. The number of hydrogen-bond acceptors (Lipinski definition) is 4. The van der Waals surface area contributed by atoms with Crippen molar-refractivity contribution in [2.75, 3.05) is 7.05 Å². The van der Waals surface area contributed by atoms with Gasteiger partial charge in [0.05, 0.1) is 4.11 Å². The highest BCUT2D eigenvalue weighted by atomic mass is 16.3. The molecule has 1 unspecified atom stereocenters. The van der Waals surface area contributed by atoms with Gasteiger partial charge in [-0.15, -0.1) is 0 Å². The molecular formula is C21H30N2O4. The Bertz CT molecular complexity index is 856. The lowest BCUT2D eigenvalue weighted by atomic mass is 9.94. The second-order valence-corrected chi connectivity index (χ2v) is 7.37. The van der Waals surface area contributed by atoms with Crippen LogP contribution in [0.25, 0.3) is 0 Å². The molecule has 4 atom stereocenters. The average molecular weight is 377 g/mol. The highest BCUT2D eigenvalue weighted by Gasteiger charge is 2.34. The fraction of sp³-hybridized carbons (Fsp3) is 0.571. The van der Waals surface area contributed by atoms with Crippen molar-refractivity contribution in [2.45, 2.75) is 58.7 Å². The van der Waals surface area contributed by atoms with E-state index >= 15 is 0 Å². The molecule has 0 saturated carbocycles. The minimum atomic E-state index is -2.31. The first-order valence-electron chi connectivity index (χ1n) is 10.6. The summed E-state index contributed by atoms with van der Waals surface area (Å²) in [7, 11) is 1.42. The zero-order valence-electron chi connectivity index (χ0n) is 19.5. The van der Waals surface area contributed by atoms with Gasteiger partial charge in [0.25, 0.3) is 0 Å². The number of rotatable bonds is 6. The number of carbonyl (C=O) groups is 3. The molecule has 148 valence electrons. The summed E-state index contributed by atoms with van der Waals surface area (Å²) in [5.74, 6) is -3.89. The molecular weight excluding hydrogens is 344 g/mol. The monoisotopic (exact) mass is 377 g/mol. The molecule has 0 spiro atoms. The Labute approximate surface area is 165 Å². The predicted octanol–water partition coefficient (Wildman–Crippen LogP) is 1.86. The van der Waals surface area contributed by atoms with E-state index in [1.165, 1.54) is 27.8 Å². The van der Waals surface area contributed by atoms with E-state index in [1.807, 2.05) is 0 Å². The van der Waals surface area contributed by atoms with Crippen LogP contribution in [0.5, 0.6) is 0 Å². The molecule has 2 amide bonds. The number of benzene rings is 1. The molecule has 0 radical (unpaired) electrons. The van der Waals surface area contributed by atoms with Crippen LogP contribution in [-0.4, -0.2) is 46.7 Å². The Balaban J connectivity index is 2.34. The van der Waals surface area contributed by atoms with Crippen molar-refractivity contribution in [3.8, 4) is 0 Å². The van der Waals surface area contributed by atoms with Gasteiger partial charge in [0.2, 0.25) is 11.8 Å². The van der Waals surface area contributed by atoms with Gasteiger partial charge in [-0.2, -0.15) is 0 Å². The second kappa shape index (κ2) is 8.65. The fourth-order valence-electron chi connectivity index (χ4n) is 2.93. The number of likely N-dealkylation sites (N-methyl/N-ethyl adjacent to an activating group) is 1. The molecule has 0 aromatic heterocycles. The van der Waals surface area contributed by atoms with Crippen LogP contribution in [0.3, 0.4) is 0 Å². The van der Waals surface area contributed by atoms with Gasteiger partial charge in [-0.1, -0.05) is 45.0 Å². The smallest absolute Gasteiger partial charge is 0.249 e. The maximum atomic E-state index is 13.1. The molecule has 27 heavy (non-hydrogen) atoms. The van der Waals surface area contributed by atoms with Crippen LogP contribution in [0.2, 0.25) is 0 Å². The average Bonchev–Trinajstić information content (AvgIpc) is 2.70. The van der Waals surface area contributed by atoms with Crippen LogP contribution in [0, 0.1) is 11.8 Å². The van der Waals surface area contributed by atoms with Gasteiger partial charge < -0.3 is 15.3 Å². The number of amides is 2. The lowest BCUT2D eigenvalue weighted by molar-refractivity contribution is -0.138. The van der Waals surface area contributed by atoms with Gasteiger partial charge in [-0.3, -0.25) is 14.4 Å². The fourth-order valence-corrected chi connectivity index (χ4v) is 2.93. The van der Waals surface area contributed by atoms with Gasteiger partial charge in [0.1, 0.15) is 12.1 Å². The minimum Gasteiger partial charge on any atom is -0.385 e. The van der Waals surface area contributed by atoms with Gasteiger partial charge in [0.15, 0.2) is 5.78 Å². The largest absolute Gasteiger partial charge is 0.385 e. The van der Waals surface area contributed by atoms with E-state index in [9.17, 15) is 19.5 Å². The van der Waals surface area contributed by atoms with Crippen molar-refractivity contribution >= 4 is 17.6 Å². The number of ketones is 1. The van der Waals surface area contributed by atoms with Crippen LogP contribution in [0.4, 0.5) is 0 Å². The normalized spacial score (nSPS) is 30.3. The number of aliphatic hydroxyl groups is 1. The van der Waals surface area contributed by atoms with E-state index in [-0.39, 0.29) is 12.0 Å². The van der Waals surface area contributed by atoms with E-state index in [2.05, 4.69) is 5.32 Å². The van der Waals surface area contributed by atoms with Gasteiger partial charge in [-0.05, 0) is 30.4 Å². The number of Topliss-reactive ketones (excluding diaryl/α,β-unsaturated/α-hetero) is 1. The summed E-state index contributed by atoms with van der Waals surface area (Å²) in [6.45, 7) is 6.07. The molecule has 0 saturated heterocycles. The topological polar surface area (TPSA) is 86.7 Å². The van der Waals surface area contributed by atoms with Crippen LogP contribution in [0.15, 0.2) is 24.3 Å². The van der Waals surface area contributed by atoms with Crippen molar-refractivity contribution in [3.63, 3.8) is 0 Å². The summed E-state index contributed by atoms with van der Waals surface area (Å²) in [4.78, 5) is 39.4. The van der Waals surface area contributed by atoms with E-state index in [1.54, 1.807) is 31.2 Å². The molecule has 6 nitrogen and oxygen atoms in total. The van der Waals surface area contributed by atoms with Crippen LogP contribution in [-0.2, 0) is 20.8 Å². The highest BCUT2D eigenvalue weighted by molar-refractivity contribution is 5.93. The number of hydrogen-bond donors (Lipinski definition) is 2. The molecule has 1 aromatic rings. The first kappa shape index (κ1) is 16.9. The molecule has 2 N–H and O–H groups in total. The molecule has 1 aliphatic rings. The Morgan fingerprint density at radius 1 is 1.37 bits per heavy atom. The van der Waals surface area contributed by atoms with Gasteiger partial charge in [0, 0.05) is 25.4 Å².